The lowest BCUT2D eigenvalue weighted by atomic mass is 10.2. The van der Waals surface area contributed by atoms with Crippen LogP contribution in [0.2, 0.25) is 0 Å². The Morgan fingerprint density at radius 1 is 1.20 bits per heavy atom. The molecule has 0 aliphatic carbocycles. The van der Waals surface area contributed by atoms with Gasteiger partial charge in [-0.3, -0.25) is 10.3 Å². The van der Waals surface area contributed by atoms with Gasteiger partial charge in [0.05, 0.1) is 0 Å². The Morgan fingerprint density at radius 2 is 1.73 bits per heavy atom. The normalized spacial score (nSPS) is 10.9. The molecule has 0 unspecified atom stereocenters. The lowest BCUT2D eigenvalue weighted by Crippen LogP contribution is -2.34. The number of amidine groups is 1. The molecule has 0 atom stereocenters. The van der Waals surface area contributed by atoms with Crippen LogP contribution in [-0.4, -0.2) is 18.7 Å². The second-order valence-corrected chi connectivity index (χ2v) is 4.41. The number of nitrogens with one attached hydrogen (secondary N) is 1. The molecule has 3 nitrogen and oxygen atoms in total. The van der Waals surface area contributed by atoms with Crippen LogP contribution in [0.4, 0.5) is 5.69 Å². The van der Waals surface area contributed by atoms with Crippen molar-refractivity contribution in [3.05, 3.63) is 30.3 Å². The standard InChI is InChI=1S/C12H18N2O/c1-12(2,3)15-11(13)14(4)10-8-6-5-7-9-10/h5-9,13H,1-4H3. The summed E-state index contributed by atoms with van der Waals surface area (Å²) in [6.45, 7) is 5.79. The topological polar surface area (TPSA) is 36.3 Å². The monoisotopic (exact) mass is 206 g/mol. The largest absolute Gasteiger partial charge is 0.459 e. The van der Waals surface area contributed by atoms with Gasteiger partial charge >= 0.3 is 0 Å². The molecule has 1 aromatic rings. The molecule has 0 radical (unpaired) electrons. The fourth-order valence-corrected chi connectivity index (χ4v) is 1.13. The molecule has 82 valence electrons. The zero-order chi connectivity index (χ0) is 11.5. The predicted octanol–water partition coefficient (Wildman–Crippen LogP) is 2.87. The van der Waals surface area contributed by atoms with Gasteiger partial charge in [-0.15, -0.1) is 0 Å². The van der Waals surface area contributed by atoms with Crippen molar-refractivity contribution in [1.29, 1.82) is 5.41 Å². The van der Waals surface area contributed by atoms with E-state index in [0.29, 0.717) is 0 Å². The van der Waals surface area contributed by atoms with Crippen molar-refractivity contribution in [1.82, 2.24) is 0 Å². The van der Waals surface area contributed by atoms with Crippen LogP contribution in [0.1, 0.15) is 20.8 Å². The van der Waals surface area contributed by atoms with Gasteiger partial charge < -0.3 is 4.74 Å². The van der Waals surface area contributed by atoms with E-state index in [1.165, 1.54) is 0 Å². The minimum atomic E-state index is -0.333. The molecule has 0 saturated carbocycles. The van der Waals surface area contributed by atoms with E-state index in [9.17, 15) is 0 Å². The molecular weight excluding hydrogens is 188 g/mol. The van der Waals surface area contributed by atoms with Crippen molar-refractivity contribution in [3.8, 4) is 0 Å². The highest BCUT2D eigenvalue weighted by Gasteiger charge is 2.17. The zero-order valence-electron chi connectivity index (χ0n) is 9.74. The summed E-state index contributed by atoms with van der Waals surface area (Å²) in [6, 6.07) is 9.88. The Balaban J connectivity index is 2.70. The summed E-state index contributed by atoms with van der Waals surface area (Å²) in [5.74, 6) is 0. The van der Waals surface area contributed by atoms with E-state index < -0.39 is 0 Å². The summed E-state index contributed by atoms with van der Waals surface area (Å²) in [4.78, 5) is 1.71. The van der Waals surface area contributed by atoms with Crippen LogP contribution in [-0.2, 0) is 4.74 Å². The molecule has 0 bridgehead atoms. The highest BCUT2D eigenvalue weighted by Crippen LogP contribution is 2.15. The molecule has 1 aromatic carbocycles. The molecule has 1 rings (SSSR count). The van der Waals surface area contributed by atoms with Gasteiger partial charge in [-0.05, 0) is 32.9 Å². The van der Waals surface area contributed by atoms with Crippen LogP contribution in [0.3, 0.4) is 0 Å². The maximum atomic E-state index is 7.79. The molecule has 3 heteroatoms. The number of hydrogen-bond acceptors (Lipinski definition) is 2. The predicted molar refractivity (Wildman–Crippen MR) is 63.4 cm³/mol. The summed E-state index contributed by atoms with van der Waals surface area (Å²) in [5, 5.41) is 7.79. The van der Waals surface area contributed by atoms with Crippen LogP contribution in [0.5, 0.6) is 0 Å². The number of nitrogens with zero attached hydrogens (tertiary/aromatic N) is 1. The molecule has 0 heterocycles. The van der Waals surface area contributed by atoms with Gasteiger partial charge in [-0.25, -0.2) is 0 Å². The van der Waals surface area contributed by atoms with Crippen LogP contribution >= 0.6 is 0 Å². The molecule has 0 spiro atoms. The molecule has 0 aliphatic rings. The minimum Gasteiger partial charge on any atom is -0.459 e. The molecule has 1 N–H and O–H groups in total. The van der Waals surface area contributed by atoms with Gasteiger partial charge in [0.1, 0.15) is 5.60 Å². The third-order valence-corrected chi connectivity index (χ3v) is 1.85. The van der Waals surface area contributed by atoms with Gasteiger partial charge in [-0.1, -0.05) is 18.2 Å². The third-order valence-electron chi connectivity index (χ3n) is 1.85. The first-order valence-electron chi connectivity index (χ1n) is 4.96. The molecule has 15 heavy (non-hydrogen) atoms. The van der Waals surface area contributed by atoms with Crippen LogP contribution in [0, 0.1) is 5.41 Å². The maximum absolute atomic E-state index is 7.79. The van der Waals surface area contributed by atoms with Crippen molar-refractivity contribution in [2.75, 3.05) is 11.9 Å². The summed E-state index contributed by atoms with van der Waals surface area (Å²) < 4.78 is 5.46. The molecule has 0 fully saturated rings. The molecule has 0 amide bonds. The quantitative estimate of drug-likeness (QED) is 0.566. The molecule has 0 aliphatic heterocycles. The number of benzene rings is 1. The molecular formula is C12H18N2O. The number of ether oxygens (including phenoxy) is 1. The first-order valence-corrected chi connectivity index (χ1v) is 4.96. The van der Waals surface area contributed by atoms with E-state index in [2.05, 4.69) is 0 Å². The van der Waals surface area contributed by atoms with E-state index in [-0.39, 0.29) is 11.6 Å². The zero-order valence-corrected chi connectivity index (χ0v) is 9.74. The summed E-state index contributed by atoms with van der Waals surface area (Å²) in [5.41, 5.74) is 0.617. The van der Waals surface area contributed by atoms with Crippen molar-refractivity contribution in [3.63, 3.8) is 0 Å². The van der Waals surface area contributed by atoms with Gasteiger partial charge in [0.25, 0.3) is 6.02 Å². The fraction of sp³-hybridized carbons (Fsp3) is 0.417. The average Bonchev–Trinajstić information content (AvgIpc) is 2.15. The van der Waals surface area contributed by atoms with E-state index in [0.717, 1.165) is 5.69 Å². The van der Waals surface area contributed by atoms with E-state index >= 15 is 0 Å². The van der Waals surface area contributed by atoms with Crippen molar-refractivity contribution in [2.45, 2.75) is 26.4 Å². The van der Waals surface area contributed by atoms with E-state index in [4.69, 9.17) is 10.1 Å². The van der Waals surface area contributed by atoms with Crippen molar-refractivity contribution in [2.24, 2.45) is 0 Å². The SMILES string of the molecule is CN(C(=N)OC(C)(C)C)c1ccccc1. The number of anilines is 1. The van der Waals surface area contributed by atoms with Gasteiger partial charge in [0.2, 0.25) is 0 Å². The lowest BCUT2D eigenvalue weighted by Gasteiger charge is -2.27. The fourth-order valence-electron chi connectivity index (χ4n) is 1.13. The Bertz CT molecular complexity index is 327. The maximum Gasteiger partial charge on any atom is 0.289 e. The second kappa shape index (κ2) is 4.34. The van der Waals surface area contributed by atoms with Gasteiger partial charge in [0, 0.05) is 12.7 Å². The Kier molecular flexibility index (Phi) is 3.35. The lowest BCUT2D eigenvalue weighted by molar-refractivity contribution is 0.111. The Morgan fingerprint density at radius 3 is 2.20 bits per heavy atom. The third kappa shape index (κ3) is 3.62. The van der Waals surface area contributed by atoms with Crippen molar-refractivity contribution >= 4 is 11.7 Å². The number of para-hydroxylation sites is 1. The second-order valence-electron chi connectivity index (χ2n) is 4.41. The number of rotatable bonds is 1. The average molecular weight is 206 g/mol. The molecule has 0 saturated heterocycles. The highest BCUT2D eigenvalue weighted by atomic mass is 16.5. The van der Waals surface area contributed by atoms with E-state index in [1.54, 1.807) is 4.90 Å². The first-order chi connectivity index (χ1) is 6.90. The van der Waals surface area contributed by atoms with Crippen LogP contribution in [0.25, 0.3) is 0 Å². The highest BCUT2D eigenvalue weighted by molar-refractivity contribution is 5.88. The summed E-state index contributed by atoms with van der Waals surface area (Å²) in [7, 11) is 1.82. The number of hydrogen-bond donors (Lipinski definition) is 1. The summed E-state index contributed by atoms with van der Waals surface area (Å²) >= 11 is 0. The van der Waals surface area contributed by atoms with Crippen molar-refractivity contribution < 1.29 is 4.74 Å². The first kappa shape index (κ1) is 11.6. The summed E-state index contributed by atoms with van der Waals surface area (Å²) in [6.07, 6.45) is 0. The van der Waals surface area contributed by atoms with Gasteiger partial charge in [0.15, 0.2) is 0 Å². The van der Waals surface area contributed by atoms with Gasteiger partial charge in [-0.2, -0.15) is 0 Å². The Hall–Kier alpha value is -1.51. The molecule has 0 aromatic heterocycles. The van der Waals surface area contributed by atoms with Crippen LogP contribution < -0.4 is 4.90 Å². The smallest absolute Gasteiger partial charge is 0.289 e. The van der Waals surface area contributed by atoms with E-state index in [1.807, 2.05) is 58.2 Å². The Labute approximate surface area is 91.2 Å². The minimum absolute atomic E-state index is 0.161. The van der Waals surface area contributed by atoms with Crippen LogP contribution in [0.15, 0.2) is 30.3 Å².